The number of rotatable bonds is 0. The van der Waals surface area contributed by atoms with Crippen LogP contribution in [0.3, 0.4) is 0 Å². The molecule has 0 aromatic carbocycles. The van der Waals surface area contributed by atoms with Crippen molar-refractivity contribution in [2.75, 3.05) is 0 Å². The zero-order valence-electron chi connectivity index (χ0n) is 4.83. The molecule has 4 nitrogen and oxygen atoms in total. The molecule has 8 heteroatoms. The van der Waals surface area contributed by atoms with Crippen molar-refractivity contribution in [1.29, 1.82) is 0 Å². The van der Waals surface area contributed by atoms with Crippen molar-refractivity contribution in [2.45, 2.75) is 6.18 Å². The molecule has 0 saturated heterocycles. The van der Waals surface area contributed by atoms with Gasteiger partial charge in [0.2, 0.25) is 9.84 Å². The molecule has 62 valence electrons. The summed E-state index contributed by atoms with van der Waals surface area (Å²) in [7, 11) is -4.41. The molecule has 0 amide bonds. The average molecular weight is 186 g/mol. The molecule has 0 aromatic rings. The topological polar surface area (TPSA) is 58.9 Å². The zero-order valence-corrected chi connectivity index (χ0v) is 5.65. The number of hydrogen-bond donors (Lipinski definition) is 0. The van der Waals surface area contributed by atoms with E-state index in [0.29, 0.717) is 0 Å². The Morgan fingerprint density at radius 3 is 2.09 bits per heavy atom. The summed E-state index contributed by atoms with van der Waals surface area (Å²) in [6.07, 6.45) is -4.95. The predicted octanol–water partition coefficient (Wildman–Crippen LogP) is 0.319. The monoisotopic (exact) mass is 186 g/mol. The van der Waals surface area contributed by atoms with E-state index in [-0.39, 0.29) is 5.55 Å². The molecular formula is C3HF3N2O2S. The largest absolute Gasteiger partial charge is 0.446 e. The fraction of sp³-hybridized carbons (Fsp3) is 0.333. The molecule has 0 radical (unpaired) electrons. The van der Waals surface area contributed by atoms with Crippen LogP contribution in [0, 0.1) is 0 Å². The molecule has 1 heterocycles. The highest BCUT2D eigenvalue weighted by molar-refractivity contribution is 8.18. The lowest BCUT2D eigenvalue weighted by Gasteiger charge is -2.01. The van der Waals surface area contributed by atoms with Gasteiger partial charge in [-0.2, -0.15) is 13.2 Å². The van der Waals surface area contributed by atoms with Crippen molar-refractivity contribution in [3.8, 4) is 0 Å². The van der Waals surface area contributed by atoms with Crippen molar-refractivity contribution < 1.29 is 21.6 Å². The predicted molar refractivity (Wildman–Crippen MR) is 30.9 cm³/mol. The van der Waals surface area contributed by atoms with Gasteiger partial charge in [0.1, 0.15) is 5.55 Å². The first-order valence-electron chi connectivity index (χ1n) is 2.27. The van der Waals surface area contributed by atoms with Gasteiger partial charge in [-0.05, 0) is 0 Å². The Labute approximate surface area is 59.3 Å². The van der Waals surface area contributed by atoms with E-state index in [1.54, 1.807) is 0 Å². The minimum Gasteiger partial charge on any atom is -0.216 e. The molecule has 0 saturated carbocycles. The van der Waals surface area contributed by atoms with Crippen LogP contribution in [-0.2, 0) is 9.84 Å². The van der Waals surface area contributed by atoms with Crippen molar-refractivity contribution in [3.05, 3.63) is 0 Å². The maximum atomic E-state index is 11.7. The van der Waals surface area contributed by atoms with Crippen LogP contribution >= 0.6 is 0 Å². The fourth-order valence-electron chi connectivity index (χ4n) is 0.463. The minimum atomic E-state index is -4.95. The highest BCUT2D eigenvalue weighted by Gasteiger charge is 2.46. The lowest BCUT2D eigenvalue weighted by molar-refractivity contribution is -0.0558. The number of nitrogens with zero attached hydrogens (tertiary/aromatic N) is 2. The summed E-state index contributed by atoms with van der Waals surface area (Å²) in [6.45, 7) is 0. The summed E-state index contributed by atoms with van der Waals surface area (Å²) >= 11 is 0. The van der Waals surface area contributed by atoms with E-state index >= 15 is 0 Å². The Morgan fingerprint density at radius 1 is 1.36 bits per heavy atom. The summed E-state index contributed by atoms with van der Waals surface area (Å²) in [5.41, 5.74) is 0.163. The van der Waals surface area contributed by atoms with Crippen molar-refractivity contribution in [2.24, 2.45) is 10.2 Å². The maximum Gasteiger partial charge on any atom is 0.446 e. The van der Waals surface area contributed by atoms with Gasteiger partial charge in [-0.15, -0.1) is 10.2 Å². The fourth-order valence-corrected chi connectivity index (χ4v) is 1.22. The van der Waals surface area contributed by atoms with Crippen LogP contribution in [0.4, 0.5) is 13.2 Å². The van der Waals surface area contributed by atoms with E-state index in [1.165, 1.54) is 0 Å². The van der Waals surface area contributed by atoms with Crippen LogP contribution in [0.1, 0.15) is 0 Å². The molecule has 0 spiro atoms. The Morgan fingerprint density at radius 2 is 1.91 bits per heavy atom. The van der Waals surface area contributed by atoms with E-state index in [1.807, 2.05) is 0 Å². The third-order valence-corrected chi connectivity index (χ3v) is 2.07. The third-order valence-electron chi connectivity index (χ3n) is 0.846. The molecule has 0 bridgehead atoms. The summed E-state index contributed by atoms with van der Waals surface area (Å²) < 4.78 is 55.8. The Kier molecular flexibility index (Phi) is 1.51. The van der Waals surface area contributed by atoms with Crippen LogP contribution in [0.15, 0.2) is 10.2 Å². The molecule has 0 aromatic heterocycles. The molecule has 11 heavy (non-hydrogen) atoms. The van der Waals surface area contributed by atoms with Crippen LogP contribution in [0.25, 0.3) is 0 Å². The van der Waals surface area contributed by atoms with Gasteiger partial charge < -0.3 is 0 Å². The molecule has 0 atom stereocenters. The van der Waals surface area contributed by atoms with Crippen LogP contribution in [-0.4, -0.2) is 25.2 Å². The summed E-state index contributed by atoms with van der Waals surface area (Å²) in [6, 6.07) is 0. The standard InChI is InChI=1S/C3HF3N2O2S/c4-3(5,6)2-8-7-1-11(2,9)10/h1H. The van der Waals surface area contributed by atoms with Gasteiger partial charge in [0.25, 0.3) is 5.04 Å². The van der Waals surface area contributed by atoms with E-state index in [4.69, 9.17) is 0 Å². The number of hydrogen-bond acceptors (Lipinski definition) is 4. The van der Waals surface area contributed by atoms with E-state index in [0.717, 1.165) is 0 Å². The van der Waals surface area contributed by atoms with E-state index < -0.39 is 21.1 Å². The Balaban J connectivity index is 3.15. The van der Waals surface area contributed by atoms with E-state index in [2.05, 4.69) is 10.2 Å². The first-order valence-corrected chi connectivity index (χ1v) is 3.82. The molecule has 1 rings (SSSR count). The molecule has 0 aliphatic carbocycles. The Hall–Kier alpha value is -0.920. The number of halogens is 3. The summed E-state index contributed by atoms with van der Waals surface area (Å²) in [5.74, 6) is 0. The second-order valence-electron chi connectivity index (χ2n) is 1.67. The molecule has 1 aliphatic heterocycles. The lowest BCUT2D eigenvalue weighted by Crippen LogP contribution is -2.29. The maximum absolute atomic E-state index is 11.7. The Bertz CT molecular complexity index is 325. The van der Waals surface area contributed by atoms with Gasteiger partial charge in [0.15, 0.2) is 0 Å². The summed E-state index contributed by atoms with van der Waals surface area (Å²) in [4.78, 5) is 0. The zero-order chi connectivity index (χ0) is 8.70. The lowest BCUT2D eigenvalue weighted by atomic mass is 10.7. The van der Waals surface area contributed by atoms with Gasteiger partial charge in [0.05, 0.1) is 0 Å². The van der Waals surface area contributed by atoms with Crippen molar-refractivity contribution in [1.82, 2.24) is 0 Å². The van der Waals surface area contributed by atoms with E-state index in [9.17, 15) is 21.6 Å². The second kappa shape index (κ2) is 2.03. The van der Waals surface area contributed by atoms with Crippen molar-refractivity contribution in [3.63, 3.8) is 0 Å². The average Bonchev–Trinajstić information content (AvgIpc) is 2.06. The highest BCUT2D eigenvalue weighted by atomic mass is 32.2. The normalized spacial score (nSPS) is 21.9. The highest BCUT2D eigenvalue weighted by Crippen LogP contribution is 2.22. The molecule has 0 N–H and O–H groups in total. The number of alkyl halides is 3. The third kappa shape index (κ3) is 1.39. The summed E-state index contributed by atoms with van der Waals surface area (Å²) in [5, 5.41) is 3.22. The minimum absolute atomic E-state index is 0.163. The van der Waals surface area contributed by atoms with Crippen LogP contribution < -0.4 is 0 Å². The number of sulfone groups is 1. The molecular weight excluding hydrogens is 185 g/mol. The quantitative estimate of drug-likeness (QED) is 0.547. The molecule has 0 unspecified atom stereocenters. The van der Waals surface area contributed by atoms with Gasteiger partial charge >= 0.3 is 6.18 Å². The van der Waals surface area contributed by atoms with Gasteiger partial charge in [0, 0.05) is 0 Å². The second-order valence-corrected chi connectivity index (χ2v) is 3.36. The first-order chi connectivity index (χ1) is 4.84. The SMILES string of the molecule is O=S1(=O)C=NN=C1C(F)(F)F. The van der Waals surface area contributed by atoms with Gasteiger partial charge in [-0.1, -0.05) is 0 Å². The van der Waals surface area contributed by atoms with Crippen molar-refractivity contribution >= 4 is 20.4 Å². The smallest absolute Gasteiger partial charge is 0.216 e. The molecule has 1 aliphatic rings. The van der Waals surface area contributed by atoms with Gasteiger partial charge in [-0.3, -0.25) is 0 Å². The van der Waals surface area contributed by atoms with Crippen LogP contribution in [0.5, 0.6) is 0 Å². The molecule has 0 fully saturated rings. The first kappa shape index (κ1) is 8.18. The van der Waals surface area contributed by atoms with Gasteiger partial charge in [-0.25, -0.2) is 8.42 Å². The van der Waals surface area contributed by atoms with Crippen LogP contribution in [0.2, 0.25) is 0 Å².